The normalized spacial score (nSPS) is 20.1. The molecule has 0 radical (unpaired) electrons. The van der Waals surface area contributed by atoms with Gasteiger partial charge in [-0.25, -0.2) is 4.79 Å². The lowest BCUT2D eigenvalue weighted by Gasteiger charge is -2.26. The van der Waals surface area contributed by atoms with E-state index in [4.69, 9.17) is 0 Å². The van der Waals surface area contributed by atoms with Gasteiger partial charge >= 0.3 is 6.03 Å². The van der Waals surface area contributed by atoms with Crippen LogP contribution in [-0.4, -0.2) is 30.8 Å². The van der Waals surface area contributed by atoms with E-state index in [9.17, 15) is 9.90 Å². The second kappa shape index (κ2) is 5.86. The van der Waals surface area contributed by atoms with E-state index >= 15 is 0 Å². The van der Waals surface area contributed by atoms with Crippen molar-refractivity contribution in [2.45, 2.75) is 38.2 Å². The maximum Gasteiger partial charge on any atom is 0.314 e. The predicted octanol–water partition coefficient (Wildman–Crippen LogP) is 0.857. The van der Waals surface area contributed by atoms with Gasteiger partial charge in [0.25, 0.3) is 0 Å². The molecule has 1 aliphatic carbocycles. The molecule has 0 saturated heterocycles. The molecule has 14 heavy (non-hydrogen) atoms. The van der Waals surface area contributed by atoms with Crippen molar-refractivity contribution in [3.8, 4) is 0 Å². The van der Waals surface area contributed by atoms with Crippen LogP contribution < -0.4 is 10.6 Å². The third-order valence-electron chi connectivity index (χ3n) is 2.89. The third-order valence-corrected chi connectivity index (χ3v) is 2.89. The van der Waals surface area contributed by atoms with Crippen LogP contribution in [0.25, 0.3) is 0 Å². The Bertz CT molecular complexity index is 179. The van der Waals surface area contributed by atoms with Crippen LogP contribution in [0.5, 0.6) is 0 Å². The van der Waals surface area contributed by atoms with Crippen molar-refractivity contribution in [3.05, 3.63) is 0 Å². The van der Waals surface area contributed by atoms with Crippen LogP contribution in [0.4, 0.5) is 4.79 Å². The summed E-state index contributed by atoms with van der Waals surface area (Å²) in [6.45, 7) is 0.365. The third kappa shape index (κ3) is 3.54. The van der Waals surface area contributed by atoms with Crippen molar-refractivity contribution in [3.63, 3.8) is 0 Å². The summed E-state index contributed by atoms with van der Waals surface area (Å²) in [7, 11) is 1.57. The molecule has 1 unspecified atom stereocenters. The zero-order valence-electron chi connectivity index (χ0n) is 8.75. The largest absolute Gasteiger partial charge is 0.391 e. The monoisotopic (exact) mass is 200 g/mol. The fraction of sp³-hybridized carbons (Fsp3) is 0.900. The van der Waals surface area contributed by atoms with Gasteiger partial charge in [-0.2, -0.15) is 0 Å². The highest BCUT2D eigenvalue weighted by atomic mass is 16.3. The molecule has 1 aliphatic rings. The van der Waals surface area contributed by atoms with Crippen LogP contribution in [0.15, 0.2) is 0 Å². The molecule has 1 fully saturated rings. The molecule has 1 saturated carbocycles. The number of hydrogen-bond donors (Lipinski definition) is 3. The Morgan fingerprint density at radius 2 is 2.07 bits per heavy atom. The van der Waals surface area contributed by atoms with Crippen molar-refractivity contribution in [1.29, 1.82) is 0 Å². The predicted molar refractivity (Wildman–Crippen MR) is 55.0 cm³/mol. The lowest BCUT2D eigenvalue weighted by Crippen LogP contribution is -2.40. The number of hydrogen-bond acceptors (Lipinski definition) is 2. The van der Waals surface area contributed by atoms with E-state index in [1.54, 1.807) is 7.05 Å². The first-order valence-corrected chi connectivity index (χ1v) is 5.37. The number of aliphatic hydroxyl groups excluding tert-OH is 1. The molecule has 1 atom stereocenters. The smallest absolute Gasteiger partial charge is 0.314 e. The molecule has 2 amide bonds. The van der Waals surface area contributed by atoms with Crippen LogP contribution in [0.1, 0.15) is 32.1 Å². The summed E-state index contributed by atoms with van der Waals surface area (Å²) in [5, 5.41) is 14.9. The first kappa shape index (κ1) is 11.3. The number of nitrogens with one attached hydrogen (secondary N) is 2. The summed E-state index contributed by atoms with van der Waals surface area (Å²) < 4.78 is 0. The van der Waals surface area contributed by atoms with Gasteiger partial charge in [0.2, 0.25) is 0 Å². The van der Waals surface area contributed by atoms with Gasteiger partial charge in [0.15, 0.2) is 0 Å². The van der Waals surface area contributed by atoms with Gasteiger partial charge in [-0.05, 0) is 18.8 Å². The summed E-state index contributed by atoms with van der Waals surface area (Å²) >= 11 is 0. The van der Waals surface area contributed by atoms with Crippen LogP contribution in [0.2, 0.25) is 0 Å². The van der Waals surface area contributed by atoms with E-state index < -0.39 is 0 Å². The van der Waals surface area contributed by atoms with Crippen molar-refractivity contribution in [2.75, 3.05) is 13.6 Å². The van der Waals surface area contributed by atoms with E-state index in [0.717, 1.165) is 12.8 Å². The van der Waals surface area contributed by atoms with E-state index in [2.05, 4.69) is 10.6 Å². The van der Waals surface area contributed by atoms with Gasteiger partial charge in [-0.15, -0.1) is 0 Å². The van der Waals surface area contributed by atoms with Crippen LogP contribution >= 0.6 is 0 Å². The quantitative estimate of drug-likeness (QED) is 0.632. The second-order valence-electron chi connectivity index (χ2n) is 3.93. The fourth-order valence-electron chi connectivity index (χ4n) is 1.97. The lowest BCUT2D eigenvalue weighted by atomic mass is 9.85. The molecule has 3 N–H and O–H groups in total. The zero-order valence-corrected chi connectivity index (χ0v) is 8.75. The number of aliphatic hydroxyl groups is 1. The molecular weight excluding hydrogens is 180 g/mol. The number of urea groups is 1. The SMILES string of the molecule is CNC(=O)NCC(O)C1CCCCC1. The number of carbonyl (C=O) groups excluding carboxylic acids is 1. The van der Waals surface area contributed by atoms with Gasteiger partial charge < -0.3 is 15.7 Å². The molecule has 0 aromatic carbocycles. The van der Waals surface area contributed by atoms with Crippen molar-refractivity contribution in [1.82, 2.24) is 10.6 Å². The Kier molecular flexibility index (Phi) is 4.73. The first-order chi connectivity index (χ1) is 6.74. The summed E-state index contributed by atoms with van der Waals surface area (Å²) in [5.41, 5.74) is 0. The van der Waals surface area contributed by atoms with Gasteiger partial charge in [-0.1, -0.05) is 19.3 Å². The van der Waals surface area contributed by atoms with E-state index in [0.29, 0.717) is 12.5 Å². The maximum atomic E-state index is 10.9. The Balaban J connectivity index is 2.19. The van der Waals surface area contributed by atoms with Gasteiger partial charge in [0.05, 0.1) is 6.10 Å². The molecule has 82 valence electrons. The average Bonchev–Trinajstić information content (AvgIpc) is 2.26. The summed E-state index contributed by atoms with van der Waals surface area (Å²) in [6.07, 6.45) is 5.51. The van der Waals surface area contributed by atoms with E-state index in [1.807, 2.05) is 0 Å². The molecule has 4 nitrogen and oxygen atoms in total. The summed E-state index contributed by atoms with van der Waals surface area (Å²) in [4.78, 5) is 10.9. The van der Waals surface area contributed by atoms with Crippen LogP contribution in [0.3, 0.4) is 0 Å². The fourth-order valence-corrected chi connectivity index (χ4v) is 1.97. The first-order valence-electron chi connectivity index (χ1n) is 5.37. The molecule has 0 aliphatic heterocycles. The average molecular weight is 200 g/mol. The van der Waals surface area contributed by atoms with Crippen LogP contribution in [0, 0.1) is 5.92 Å². The minimum Gasteiger partial charge on any atom is -0.391 e. The van der Waals surface area contributed by atoms with E-state index in [1.165, 1.54) is 19.3 Å². The number of rotatable bonds is 3. The van der Waals surface area contributed by atoms with E-state index in [-0.39, 0.29) is 12.1 Å². The Morgan fingerprint density at radius 3 is 2.64 bits per heavy atom. The highest BCUT2D eigenvalue weighted by Gasteiger charge is 2.21. The zero-order chi connectivity index (χ0) is 10.4. The summed E-state index contributed by atoms with van der Waals surface area (Å²) in [5.74, 6) is 0.376. The topological polar surface area (TPSA) is 61.4 Å². The maximum absolute atomic E-state index is 10.9. The van der Waals surface area contributed by atoms with Gasteiger partial charge in [0.1, 0.15) is 0 Å². The molecule has 0 spiro atoms. The molecule has 1 rings (SSSR count). The lowest BCUT2D eigenvalue weighted by molar-refractivity contribution is 0.0859. The molecule has 0 heterocycles. The number of amides is 2. The molecular formula is C10H20N2O2. The molecule has 0 aromatic heterocycles. The van der Waals surface area contributed by atoms with Crippen molar-refractivity contribution < 1.29 is 9.90 Å². The van der Waals surface area contributed by atoms with Gasteiger partial charge in [-0.3, -0.25) is 0 Å². The second-order valence-corrected chi connectivity index (χ2v) is 3.93. The standard InChI is InChI=1S/C10H20N2O2/c1-11-10(14)12-7-9(13)8-5-3-2-4-6-8/h8-9,13H,2-7H2,1H3,(H2,11,12,14). The minimum absolute atomic E-state index is 0.222. The highest BCUT2D eigenvalue weighted by molar-refractivity contribution is 5.73. The molecule has 0 bridgehead atoms. The van der Waals surface area contributed by atoms with Gasteiger partial charge in [0, 0.05) is 13.6 Å². The molecule has 4 heteroatoms. The summed E-state index contributed by atoms with van der Waals surface area (Å²) in [6, 6.07) is -0.222. The van der Waals surface area contributed by atoms with Crippen molar-refractivity contribution >= 4 is 6.03 Å². The number of carbonyl (C=O) groups is 1. The van der Waals surface area contributed by atoms with Crippen LogP contribution in [-0.2, 0) is 0 Å². The Morgan fingerprint density at radius 1 is 1.43 bits per heavy atom. The molecule has 0 aromatic rings. The Labute approximate surface area is 85.1 Å². The minimum atomic E-state index is -0.382. The van der Waals surface area contributed by atoms with Crippen molar-refractivity contribution in [2.24, 2.45) is 5.92 Å². The highest BCUT2D eigenvalue weighted by Crippen LogP contribution is 2.26. The Hall–Kier alpha value is -0.770.